The summed E-state index contributed by atoms with van der Waals surface area (Å²) in [5.41, 5.74) is 10.4. The van der Waals surface area contributed by atoms with Gasteiger partial charge in [0.05, 0.1) is 0 Å². The first-order chi connectivity index (χ1) is 7.69. The average Bonchev–Trinajstić information content (AvgIpc) is 2.28. The van der Waals surface area contributed by atoms with E-state index in [-0.39, 0.29) is 0 Å². The van der Waals surface area contributed by atoms with E-state index in [2.05, 4.69) is 39.0 Å². The number of nitrogens with two attached hydrogens (primary N) is 1. The summed E-state index contributed by atoms with van der Waals surface area (Å²) >= 11 is 0. The maximum Gasteiger partial charge on any atom is 0.00105 e. The van der Waals surface area contributed by atoms with Crippen molar-refractivity contribution in [3.8, 4) is 0 Å². The fraction of sp³-hybridized carbons (Fsp3) is 0.600. The molecule has 0 bridgehead atoms. The van der Waals surface area contributed by atoms with Crippen LogP contribution >= 0.6 is 0 Å². The monoisotopic (exact) mass is 219 g/mol. The van der Waals surface area contributed by atoms with Crippen molar-refractivity contribution in [3.05, 3.63) is 34.9 Å². The molecule has 1 atom stereocenters. The van der Waals surface area contributed by atoms with E-state index in [0.29, 0.717) is 6.04 Å². The highest BCUT2D eigenvalue weighted by atomic mass is 14.6. The zero-order valence-corrected chi connectivity index (χ0v) is 10.9. The highest BCUT2D eigenvalue weighted by Crippen LogP contribution is 2.18. The van der Waals surface area contributed by atoms with E-state index in [4.69, 9.17) is 5.73 Å². The Morgan fingerprint density at radius 1 is 1.12 bits per heavy atom. The number of benzene rings is 1. The molecule has 90 valence electrons. The SMILES string of the molecule is CCc1cccc(CCCC(C)N)c1CC. The van der Waals surface area contributed by atoms with Gasteiger partial charge in [0, 0.05) is 6.04 Å². The summed E-state index contributed by atoms with van der Waals surface area (Å²) in [6, 6.07) is 7.06. The Kier molecular flexibility index (Phi) is 5.54. The third-order valence-electron chi connectivity index (χ3n) is 3.21. The molecular formula is C15H25N. The van der Waals surface area contributed by atoms with Crippen LogP contribution in [0.3, 0.4) is 0 Å². The van der Waals surface area contributed by atoms with Crippen molar-refractivity contribution in [1.29, 1.82) is 0 Å². The highest BCUT2D eigenvalue weighted by molar-refractivity contribution is 5.35. The maximum absolute atomic E-state index is 5.78. The Balaban J connectivity index is 2.71. The van der Waals surface area contributed by atoms with Gasteiger partial charge in [-0.05, 0) is 55.7 Å². The molecule has 0 amide bonds. The topological polar surface area (TPSA) is 26.0 Å². The van der Waals surface area contributed by atoms with Crippen LogP contribution in [0.4, 0.5) is 0 Å². The molecule has 0 aromatic heterocycles. The minimum absolute atomic E-state index is 0.333. The summed E-state index contributed by atoms with van der Waals surface area (Å²) in [5.74, 6) is 0. The van der Waals surface area contributed by atoms with Gasteiger partial charge in [-0.25, -0.2) is 0 Å². The molecule has 0 fully saturated rings. The molecule has 0 heterocycles. The molecule has 0 radical (unpaired) electrons. The third kappa shape index (κ3) is 3.64. The van der Waals surface area contributed by atoms with Gasteiger partial charge in [-0.3, -0.25) is 0 Å². The van der Waals surface area contributed by atoms with Gasteiger partial charge in [0.15, 0.2) is 0 Å². The van der Waals surface area contributed by atoms with Crippen LogP contribution < -0.4 is 5.73 Å². The van der Waals surface area contributed by atoms with E-state index in [1.807, 2.05) is 0 Å². The van der Waals surface area contributed by atoms with Gasteiger partial charge >= 0.3 is 0 Å². The molecule has 1 nitrogen and oxygen atoms in total. The minimum atomic E-state index is 0.333. The predicted octanol–water partition coefficient (Wildman–Crippen LogP) is 3.48. The molecular weight excluding hydrogens is 194 g/mol. The van der Waals surface area contributed by atoms with Crippen molar-refractivity contribution in [2.75, 3.05) is 0 Å². The van der Waals surface area contributed by atoms with Crippen molar-refractivity contribution in [2.45, 2.75) is 58.9 Å². The Morgan fingerprint density at radius 2 is 1.81 bits per heavy atom. The van der Waals surface area contributed by atoms with Crippen LogP contribution in [0.25, 0.3) is 0 Å². The van der Waals surface area contributed by atoms with Gasteiger partial charge in [-0.1, -0.05) is 32.0 Å². The first-order valence-electron chi connectivity index (χ1n) is 6.54. The van der Waals surface area contributed by atoms with E-state index >= 15 is 0 Å². The van der Waals surface area contributed by atoms with Crippen molar-refractivity contribution in [2.24, 2.45) is 5.73 Å². The van der Waals surface area contributed by atoms with Crippen LogP contribution in [0.1, 0.15) is 50.3 Å². The Bertz CT molecular complexity index is 315. The van der Waals surface area contributed by atoms with Gasteiger partial charge in [0.2, 0.25) is 0 Å². The van der Waals surface area contributed by atoms with E-state index < -0.39 is 0 Å². The summed E-state index contributed by atoms with van der Waals surface area (Å²) in [6.45, 7) is 6.58. The summed E-state index contributed by atoms with van der Waals surface area (Å²) in [7, 11) is 0. The number of hydrogen-bond acceptors (Lipinski definition) is 1. The van der Waals surface area contributed by atoms with Crippen LogP contribution in [0.2, 0.25) is 0 Å². The van der Waals surface area contributed by atoms with Crippen LogP contribution in [-0.4, -0.2) is 6.04 Å². The maximum atomic E-state index is 5.78. The lowest BCUT2D eigenvalue weighted by molar-refractivity contribution is 0.622. The third-order valence-corrected chi connectivity index (χ3v) is 3.21. The lowest BCUT2D eigenvalue weighted by Gasteiger charge is -2.13. The highest BCUT2D eigenvalue weighted by Gasteiger charge is 2.05. The summed E-state index contributed by atoms with van der Waals surface area (Å²) in [4.78, 5) is 0. The number of aryl methyl sites for hydroxylation is 2. The van der Waals surface area contributed by atoms with E-state index in [1.165, 1.54) is 24.0 Å². The fourth-order valence-corrected chi connectivity index (χ4v) is 2.32. The number of rotatable bonds is 6. The zero-order chi connectivity index (χ0) is 12.0. The molecule has 0 spiro atoms. The van der Waals surface area contributed by atoms with Gasteiger partial charge in [-0.2, -0.15) is 0 Å². The van der Waals surface area contributed by atoms with Gasteiger partial charge < -0.3 is 5.73 Å². The molecule has 0 saturated carbocycles. The van der Waals surface area contributed by atoms with Crippen LogP contribution in [0.5, 0.6) is 0 Å². The van der Waals surface area contributed by atoms with Gasteiger partial charge in [-0.15, -0.1) is 0 Å². The second kappa shape index (κ2) is 6.70. The summed E-state index contributed by atoms with van der Waals surface area (Å²) < 4.78 is 0. The summed E-state index contributed by atoms with van der Waals surface area (Å²) in [5, 5.41) is 0. The van der Waals surface area contributed by atoms with E-state index in [1.54, 1.807) is 5.56 Å². The van der Waals surface area contributed by atoms with Gasteiger partial charge in [0.25, 0.3) is 0 Å². The van der Waals surface area contributed by atoms with Crippen molar-refractivity contribution in [3.63, 3.8) is 0 Å². The quantitative estimate of drug-likeness (QED) is 0.779. The first kappa shape index (κ1) is 13.2. The second-order valence-electron chi connectivity index (χ2n) is 4.63. The van der Waals surface area contributed by atoms with E-state index in [0.717, 1.165) is 19.3 Å². The lowest BCUT2D eigenvalue weighted by atomic mass is 9.93. The minimum Gasteiger partial charge on any atom is -0.328 e. The fourth-order valence-electron chi connectivity index (χ4n) is 2.32. The normalized spacial score (nSPS) is 12.8. The Hall–Kier alpha value is -0.820. The van der Waals surface area contributed by atoms with Crippen LogP contribution in [0, 0.1) is 0 Å². The summed E-state index contributed by atoms with van der Waals surface area (Å²) in [6.07, 6.45) is 5.80. The molecule has 0 aliphatic rings. The first-order valence-corrected chi connectivity index (χ1v) is 6.54. The van der Waals surface area contributed by atoms with Crippen molar-refractivity contribution in [1.82, 2.24) is 0 Å². The number of hydrogen-bond donors (Lipinski definition) is 1. The molecule has 1 heteroatoms. The van der Waals surface area contributed by atoms with Gasteiger partial charge in [0.1, 0.15) is 0 Å². The molecule has 1 rings (SSSR count). The zero-order valence-electron chi connectivity index (χ0n) is 10.9. The molecule has 1 aromatic carbocycles. The van der Waals surface area contributed by atoms with Crippen molar-refractivity contribution < 1.29 is 0 Å². The molecule has 1 unspecified atom stereocenters. The molecule has 0 aliphatic carbocycles. The predicted molar refractivity (Wildman–Crippen MR) is 71.8 cm³/mol. The average molecular weight is 219 g/mol. The van der Waals surface area contributed by atoms with Crippen molar-refractivity contribution >= 4 is 0 Å². The Labute approximate surface area is 100 Å². The molecule has 0 aliphatic heterocycles. The van der Waals surface area contributed by atoms with Crippen LogP contribution in [0.15, 0.2) is 18.2 Å². The standard InChI is InChI=1S/C15H25N/c1-4-13-9-7-11-14(15(13)5-2)10-6-8-12(3)16/h7,9,11-12H,4-6,8,10,16H2,1-3H3. The smallest absolute Gasteiger partial charge is 0.00105 e. The molecule has 0 saturated heterocycles. The molecule has 16 heavy (non-hydrogen) atoms. The van der Waals surface area contributed by atoms with Crippen LogP contribution in [-0.2, 0) is 19.3 Å². The van der Waals surface area contributed by atoms with E-state index in [9.17, 15) is 0 Å². The Morgan fingerprint density at radius 3 is 2.38 bits per heavy atom. The second-order valence-corrected chi connectivity index (χ2v) is 4.63. The largest absolute Gasteiger partial charge is 0.328 e. The molecule has 1 aromatic rings. The lowest BCUT2D eigenvalue weighted by Crippen LogP contribution is -2.14. The molecule has 2 N–H and O–H groups in total.